The van der Waals surface area contributed by atoms with Crippen molar-refractivity contribution in [1.82, 2.24) is 9.97 Å². The lowest BCUT2D eigenvalue weighted by molar-refractivity contribution is 0.521. The molecule has 3 aromatic rings. The zero-order valence-electron chi connectivity index (χ0n) is 17.5. The standard InChI is InChI=1S/C22H23F2N5O2S/c1-15-14-20(27-22(25-15)29-12-3-2-4-13-29)26-16-8-10-17(11-9-16)28-32(30,31)21-18(23)6-5-7-19(21)24/h5-11,14,28H,2-4,12-13H2,1H3,(H,25,26,27). The number of piperidine rings is 1. The molecule has 1 aliphatic rings. The van der Waals surface area contributed by atoms with Crippen LogP contribution in [0.25, 0.3) is 0 Å². The normalized spacial score (nSPS) is 14.3. The second-order valence-electron chi connectivity index (χ2n) is 7.60. The van der Waals surface area contributed by atoms with Crippen LogP contribution < -0.4 is 14.9 Å². The third kappa shape index (κ3) is 4.96. The predicted octanol–water partition coefficient (Wildman–Crippen LogP) is 4.60. The summed E-state index contributed by atoms with van der Waals surface area (Å²) in [5.74, 6) is -0.998. The molecule has 0 aliphatic carbocycles. The van der Waals surface area contributed by atoms with Crippen molar-refractivity contribution in [3.05, 3.63) is 65.9 Å². The summed E-state index contributed by atoms with van der Waals surface area (Å²) in [6, 6.07) is 11.0. The van der Waals surface area contributed by atoms with E-state index in [1.807, 2.05) is 13.0 Å². The first-order valence-electron chi connectivity index (χ1n) is 10.3. The minimum Gasteiger partial charge on any atom is -0.341 e. The van der Waals surface area contributed by atoms with Gasteiger partial charge in [-0.1, -0.05) is 6.07 Å². The van der Waals surface area contributed by atoms with Crippen LogP contribution in [0, 0.1) is 18.6 Å². The number of hydrogen-bond donors (Lipinski definition) is 2. The van der Waals surface area contributed by atoms with Gasteiger partial charge >= 0.3 is 0 Å². The molecule has 4 rings (SSSR count). The van der Waals surface area contributed by atoms with Gasteiger partial charge in [0.1, 0.15) is 17.5 Å². The Morgan fingerprint density at radius 3 is 2.19 bits per heavy atom. The van der Waals surface area contributed by atoms with E-state index in [0.717, 1.165) is 49.8 Å². The van der Waals surface area contributed by atoms with E-state index in [0.29, 0.717) is 17.5 Å². The van der Waals surface area contributed by atoms with E-state index in [2.05, 4.69) is 24.9 Å². The minimum absolute atomic E-state index is 0.172. The molecule has 2 aromatic carbocycles. The Morgan fingerprint density at radius 1 is 0.906 bits per heavy atom. The lowest BCUT2D eigenvalue weighted by Crippen LogP contribution is -2.31. The summed E-state index contributed by atoms with van der Waals surface area (Å²) < 4.78 is 54.8. The van der Waals surface area contributed by atoms with Crippen molar-refractivity contribution >= 4 is 33.2 Å². The molecule has 1 aromatic heterocycles. The van der Waals surface area contributed by atoms with E-state index >= 15 is 0 Å². The van der Waals surface area contributed by atoms with Crippen molar-refractivity contribution < 1.29 is 17.2 Å². The van der Waals surface area contributed by atoms with Gasteiger partial charge in [0.05, 0.1) is 0 Å². The first kappa shape index (κ1) is 21.9. The SMILES string of the molecule is Cc1cc(Nc2ccc(NS(=O)(=O)c3c(F)cccc3F)cc2)nc(N2CCCCC2)n1. The van der Waals surface area contributed by atoms with Crippen LogP contribution in [-0.2, 0) is 10.0 Å². The Balaban J connectivity index is 1.49. The molecule has 0 atom stereocenters. The monoisotopic (exact) mass is 459 g/mol. The van der Waals surface area contributed by atoms with Crippen LogP contribution in [-0.4, -0.2) is 31.5 Å². The van der Waals surface area contributed by atoms with Gasteiger partial charge in [0.25, 0.3) is 10.0 Å². The Bertz CT molecular complexity index is 1190. The zero-order valence-corrected chi connectivity index (χ0v) is 18.3. The molecular formula is C22H23F2N5O2S. The summed E-state index contributed by atoms with van der Waals surface area (Å²) in [6.45, 7) is 3.76. The molecule has 2 N–H and O–H groups in total. The predicted molar refractivity (Wildman–Crippen MR) is 120 cm³/mol. The van der Waals surface area contributed by atoms with Crippen LogP contribution in [0.15, 0.2) is 53.4 Å². The van der Waals surface area contributed by atoms with E-state index in [9.17, 15) is 17.2 Å². The molecule has 0 amide bonds. The third-order valence-electron chi connectivity index (χ3n) is 5.08. The van der Waals surface area contributed by atoms with E-state index in [-0.39, 0.29) is 5.69 Å². The van der Waals surface area contributed by atoms with Crippen molar-refractivity contribution in [3.8, 4) is 0 Å². The van der Waals surface area contributed by atoms with Crippen LogP contribution in [0.1, 0.15) is 25.0 Å². The smallest absolute Gasteiger partial charge is 0.267 e. The summed E-state index contributed by atoms with van der Waals surface area (Å²) in [4.78, 5) is 10.3. The molecular weight excluding hydrogens is 436 g/mol. The fraction of sp³-hybridized carbons (Fsp3) is 0.273. The molecule has 2 heterocycles. The number of aromatic nitrogens is 2. The number of aryl methyl sites for hydroxylation is 1. The Morgan fingerprint density at radius 2 is 1.53 bits per heavy atom. The Labute approximate surface area is 185 Å². The number of sulfonamides is 1. The third-order valence-corrected chi connectivity index (χ3v) is 6.51. The van der Waals surface area contributed by atoms with Crippen LogP contribution in [0.2, 0.25) is 0 Å². The van der Waals surface area contributed by atoms with E-state index in [1.165, 1.54) is 18.6 Å². The van der Waals surface area contributed by atoms with Gasteiger partial charge in [0.15, 0.2) is 4.90 Å². The van der Waals surface area contributed by atoms with Gasteiger partial charge in [-0.25, -0.2) is 22.2 Å². The van der Waals surface area contributed by atoms with E-state index in [1.54, 1.807) is 12.1 Å². The minimum atomic E-state index is -4.42. The van der Waals surface area contributed by atoms with Crippen LogP contribution >= 0.6 is 0 Å². The van der Waals surface area contributed by atoms with E-state index in [4.69, 9.17) is 0 Å². The molecule has 0 bridgehead atoms. The van der Waals surface area contributed by atoms with Gasteiger partial charge in [0, 0.05) is 36.2 Å². The van der Waals surface area contributed by atoms with Crippen LogP contribution in [0.5, 0.6) is 0 Å². The zero-order chi connectivity index (χ0) is 22.7. The van der Waals surface area contributed by atoms with Gasteiger partial charge < -0.3 is 10.2 Å². The van der Waals surface area contributed by atoms with Gasteiger partial charge in [-0.2, -0.15) is 4.98 Å². The lowest BCUT2D eigenvalue weighted by Gasteiger charge is -2.27. The molecule has 1 saturated heterocycles. The van der Waals surface area contributed by atoms with Crippen molar-refractivity contribution in [2.75, 3.05) is 28.0 Å². The van der Waals surface area contributed by atoms with Crippen molar-refractivity contribution in [2.45, 2.75) is 31.1 Å². The second kappa shape index (κ2) is 9.07. The molecule has 1 aliphatic heterocycles. The molecule has 0 radical (unpaired) electrons. The first-order valence-corrected chi connectivity index (χ1v) is 11.7. The average Bonchev–Trinajstić information content (AvgIpc) is 2.75. The van der Waals surface area contributed by atoms with E-state index < -0.39 is 26.6 Å². The number of rotatable bonds is 6. The fourth-order valence-corrected chi connectivity index (χ4v) is 4.77. The number of halogens is 2. The van der Waals surface area contributed by atoms with Crippen LogP contribution in [0.3, 0.4) is 0 Å². The molecule has 0 spiro atoms. The molecule has 1 fully saturated rings. The molecule has 168 valence electrons. The van der Waals surface area contributed by atoms with Crippen molar-refractivity contribution in [1.29, 1.82) is 0 Å². The summed E-state index contributed by atoms with van der Waals surface area (Å²) in [6.07, 6.45) is 3.45. The first-order chi connectivity index (χ1) is 15.3. The summed E-state index contributed by atoms with van der Waals surface area (Å²) >= 11 is 0. The summed E-state index contributed by atoms with van der Waals surface area (Å²) in [5, 5.41) is 3.19. The maximum absolute atomic E-state index is 13.9. The maximum atomic E-state index is 13.9. The molecule has 7 nitrogen and oxygen atoms in total. The number of nitrogens with one attached hydrogen (secondary N) is 2. The van der Waals surface area contributed by atoms with Crippen LogP contribution in [0.4, 0.5) is 31.9 Å². The highest BCUT2D eigenvalue weighted by Crippen LogP contribution is 2.25. The van der Waals surface area contributed by atoms with Gasteiger partial charge in [-0.05, 0) is 62.6 Å². The quantitative estimate of drug-likeness (QED) is 0.560. The van der Waals surface area contributed by atoms with Crippen molar-refractivity contribution in [2.24, 2.45) is 0 Å². The topological polar surface area (TPSA) is 87.2 Å². The Kier molecular flexibility index (Phi) is 6.22. The molecule has 0 saturated carbocycles. The fourth-order valence-electron chi connectivity index (χ4n) is 3.57. The highest BCUT2D eigenvalue weighted by atomic mass is 32.2. The summed E-state index contributed by atoms with van der Waals surface area (Å²) in [7, 11) is -4.42. The second-order valence-corrected chi connectivity index (χ2v) is 9.22. The molecule has 10 heteroatoms. The number of nitrogens with zero attached hydrogens (tertiary/aromatic N) is 3. The summed E-state index contributed by atoms with van der Waals surface area (Å²) in [5.41, 5.74) is 1.68. The molecule has 0 unspecified atom stereocenters. The van der Waals surface area contributed by atoms with Crippen molar-refractivity contribution in [3.63, 3.8) is 0 Å². The lowest BCUT2D eigenvalue weighted by atomic mass is 10.1. The maximum Gasteiger partial charge on any atom is 0.267 e. The Hall–Kier alpha value is -3.27. The largest absolute Gasteiger partial charge is 0.341 e. The number of benzene rings is 2. The van der Waals surface area contributed by atoms with Gasteiger partial charge in [0.2, 0.25) is 5.95 Å². The highest BCUT2D eigenvalue weighted by molar-refractivity contribution is 7.92. The average molecular weight is 460 g/mol. The van der Waals surface area contributed by atoms with Gasteiger partial charge in [-0.3, -0.25) is 4.72 Å². The number of hydrogen-bond acceptors (Lipinski definition) is 6. The highest BCUT2D eigenvalue weighted by Gasteiger charge is 2.23. The molecule has 32 heavy (non-hydrogen) atoms. The number of anilines is 4. The van der Waals surface area contributed by atoms with Gasteiger partial charge in [-0.15, -0.1) is 0 Å².